The molecule has 2 aromatic carbocycles. The summed E-state index contributed by atoms with van der Waals surface area (Å²) in [6.07, 6.45) is 0.686. The van der Waals surface area contributed by atoms with Gasteiger partial charge in [-0.25, -0.2) is 9.18 Å². The van der Waals surface area contributed by atoms with Crippen molar-refractivity contribution < 1.29 is 18.7 Å². The van der Waals surface area contributed by atoms with Gasteiger partial charge in [0.05, 0.1) is 11.6 Å². The first-order chi connectivity index (χ1) is 11.9. The quantitative estimate of drug-likeness (QED) is 0.782. The monoisotopic (exact) mass is 363 g/mol. The Balaban J connectivity index is 1.94. The molecule has 1 atom stereocenters. The van der Waals surface area contributed by atoms with Crippen LogP contribution in [0.5, 0.6) is 0 Å². The number of nitrogens with one attached hydrogen (secondary N) is 1. The summed E-state index contributed by atoms with van der Waals surface area (Å²) in [5.74, 6) is -2.14. The highest BCUT2D eigenvalue weighted by molar-refractivity contribution is 6.30. The third-order valence-electron chi connectivity index (χ3n) is 3.71. The van der Waals surface area contributed by atoms with Crippen LogP contribution in [0, 0.1) is 12.7 Å². The van der Waals surface area contributed by atoms with Gasteiger partial charge in [-0.3, -0.25) is 4.79 Å². The van der Waals surface area contributed by atoms with E-state index < -0.39 is 24.3 Å². The van der Waals surface area contributed by atoms with E-state index in [1.165, 1.54) is 6.07 Å². The first-order valence-corrected chi connectivity index (χ1v) is 8.26. The molecule has 0 aliphatic heterocycles. The topological polar surface area (TPSA) is 55.4 Å². The first-order valence-electron chi connectivity index (χ1n) is 7.88. The van der Waals surface area contributed by atoms with Gasteiger partial charge >= 0.3 is 5.97 Å². The molecule has 0 unspecified atom stereocenters. The molecule has 0 fully saturated rings. The average Bonchev–Trinajstić information content (AvgIpc) is 2.60. The number of aryl methyl sites for hydroxylation is 1. The van der Waals surface area contributed by atoms with Gasteiger partial charge < -0.3 is 10.1 Å². The van der Waals surface area contributed by atoms with E-state index in [-0.39, 0.29) is 16.6 Å². The van der Waals surface area contributed by atoms with E-state index in [0.717, 1.165) is 23.3 Å². The molecule has 132 valence electrons. The Morgan fingerprint density at radius 3 is 2.52 bits per heavy atom. The molecular formula is C19H19ClFNO3. The zero-order valence-corrected chi connectivity index (χ0v) is 14.8. The van der Waals surface area contributed by atoms with Crippen molar-refractivity contribution in [2.24, 2.45) is 0 Å². The molecule has 25 heavy (non-hydrogen) atoms. The number of amides is 1. The van der Waals surface area contributed by atoms with Crippen molar-refractivity contribution in [2.45, 2.75) is 26.3 Å². The van der Waals surface area contributed by atoms with Crippen molar-refractivity contribution in [3.63, 3.8) is 0 Å². The fraction of sp³-hybridized carbons (Fsp3) is 0.263. The van der Waals surface area contributed by atoms with Gasteiger partial charge in [0, 0.05) is 5.02 Å². The fourth-order valence-electron chi connectivity index (χ4n) is 2.32. The predicted molar refractivity (Wildman–Crippen MR) is 94.0 cm³/mol. The zero-order chi connectivity index (χ0) is 18.4. The number of halogens is 2. The van der Waals surface area contributed by atoms with Crippen LogP contribution in [-0.2, 0) is 9.53 Å². The summed E-state index contributed by atoms with van der Waals surface area (Å²) < 4.78 is 18.5. The second-order valence-electron chi connectivity index (χ2n) is 5.64. The Kier molecular flexibility index (Phi) is 6.53. The van der Waals surface area contributed by atoms with Gasteiger partial charge in [-0.2, -0.15) is 0 Å². The van der Waals surface area contributed by atoms with Crippen molar-refractivity contribution in [3.05, 3.63) is 70.0 Å². The van der Waals surface area contributed by atoms with Crippen LogP contribution in [0.25, 0.3) is 0 Å². The number of ether oxygens (including phenoxy) is 1. The summed E-state index contributed by atoms with van der Waals surface area (Å²) in [6, 6.07) is 11.2. The maximum atomic E-state index is 13.6. The third kappa shape index (κ3) is 5.29. The maximum Gasteiger partial charge on any atom is 0.341 e. The SMILES string of the molecule is CC[C@H](NC(=O)COC(=O)c1cc(Cl)ccc1F)c1ccc(C)cc1. The predicted octanol–water partition coefficient (Wildman–Crippen LogP) is 4.21. The molecule has 0 heterocycles. The second kappa shape index (κ2) is 8.62. The van der Waals surface area contributed by atoms with Crippen LogP contribution in [0.4, 0.5) is 4.39 Å². The minimum absolute atomic E-state index is 0.185. The molecule has 0 aliphatic carbocycles. The molecule has 1 N–H and O–H groups in total. The largest absolute Gasteiger partial charge is 0.452 e. The molecule has 0 aromatic heterocycles. The van der Waals surface area contributed by atoms with Crippen LogP contribution in [0.15, 0.2) is 42.5 Å². The Bertz CT molecular complexity index is 762. The van der Waals surface area contributed by atoms with Gasteiger partial charge in [0.25, 0.3) is 5.91 Å². The lowest BCUT2D eigenvalue weighted by Gasteiger charge is -2.17. The minimum atomic E-state index is -0.932. The van der Waals surface area contributed by atoms with Gasteiger partial charge in [0.15, 0.2) is 6.61 Å². The summed E-state index contributed by atoms with van der Waals surface area (Å²) in [5.41, 5.74) is 1.79. The molecular weight excluding hydrogens is 345 g/mol. The smallest absolute Gasteiger partial charge is 0.341 e. The van der Waals surface area contributed by atoms with Crippen molar-refractivity contribution in [1.82, 2.24) is 5.32 Å². The highest BCUT2D eigenvalue weighted by Crippen LogP contribution is 2.18. The zero-order valence-electron chi connectivity index (χ0n) is 14.0. The normalized spacial score (nSPS) is 11.7. The average molecular weight is 364 g/mol. The lowest BCUT2D eigenvalue weighted by atomic mass is 10.0. The van der Waals surface area contributed by atoms with Gasteiger partial charge in [-0.15, -0.1) is 0 Å². The van der Waals surface area contributed by atoms with Crippen LogP contribution < -0.4 is 5.32 Å². The van der Waals surface area contributed by atoms with E-state index in [0.29, 0.717) is 6.42 Å². The number of esters is 1. The van der Waals surface area contributed by atoms with Crippen molar-refractivity contribution in [2.75, 3.05) is 6.61 Å². The van der Waals surface area contributed by atoms with E-state index in [1.54, 1.807) is 0 Å². The number of hydrogen-bond donors (Lipinski definition) is 1. The third-order valence-corrected chi connectivity index (χ3v) is 3.94. The van der Waals surface area contributed by atoms with E-state index in [2.05, 4.69) is 5.32 Å². The summed E-state index contributed by atoms with van der Waals surface area (Å²) >= 11 is 5.74. The fourth-order valence-corrected chi connectivity index (χ4v) is 2.49. The highest BCUT2D eigenvalue weighted by atomic mass is 35.5. The first kappa shape index (κ1) is 18.9. The van der Waals surface area contributed by atoms with Crippen LogP contribution in [-0.4, -0.2) is 18.5 Å². The summed E-state index contributed by atoms with van der Waals surface area (Å²) in [7, 11) is 0. The Morgan fingerprint density at radius 2 is 1.88 bits per heavy atom. The molecule has 0 saturated carbocycles. The Hall–Kier alpha value is -2.40. The number of carbonyl (C=O) groups excluding carboxylic acids is 2. The van der Waals surface area contributed by atoms with Crippen LogP contribution in [0.2, 0.25) is 5.02 Å². The number of carbonyl (C=O) groups is 2. The summed E-state index contributed by atoms with van der Waals surface area (Å²) in [4.78, 5) is 23.9. The van der Waals surface area contributed by atoms with Crippen molar-refractivity contribution >= 4 is 23.5 Å². The molecule has 2 rings (SSSR count). The van der Waals surface area contributed by atoms with Crippen molar-refractivity contribution in [1.29, 1.82) is 0 Å². The Labute approximate surface area is 150 Å². The molecule has 1 amide bonds. The minimum Gasteiger partial charge on any atom is -0.452 e. The molecule has 0 saturated heterocycles. The molecule has 4 nitrogen and oxygen atoms in total. The molecule has 0 spiro atoms. The lowest BCUT2D eigenvalue weighted by Crippen LogP contribution is -2.32. The van der Waals surface area contributed by atoms with Gasteiger partial charge in [0.1, 0.15) is 5.82 Å². The molecule has 2 aromatic rings. The van der Waals surface area contributed by atoms with Crippen molar-refractivity contribution in [3.8, 4) is 0 Å². The lowest BCUT2D eigenvalue weighted by molar-refractivity contribution is -0.125. The summed E-state index contributed by atoms with van der Waals surface area (Å²) in [5, 5.41) is 3.01. The van der Waals surface area contributed by atoms with E-state index in [9.17, 15) is 14.0 Å². The number of benzene rings is 2. The molecule has 0 bridgehead atoms. The number of rotatable bonds is 6. The molecule has 0 aliphatic rings. The van der Waals surface area contributed by atoms with Crippen LogP contribution in [0.3, 0.4) is 0 Å². The maximum absolute atomic E-state index is 13.6. The Morgan fingerprint density at radius 1 is 1.20 bits per heavy atom. The van der Waals surface area contributed by atoms with Gasteiger partial charge in [-0.05, 0) is 37.1 Å². The van der Waals surface area contributed by atoms with Crippen LogP contribution in [0.1, 0.15) is 40.9 Å². The molecule has 6 heteroatoms. The van der Waals surface area contributed by atoms with E-state index in [4.69, 9.17) is 16.3 Å². The van der Waals surface area contributed by atoms with E-state index >= 15 is 0 Å². The highest BCUT2D eigenvalue weighted by Gasteiger charge is 2.17. The van der Waals surface area contributed by atoms with Crippen LogP contribution >= 0.6 is 11.6 Å². The second-order valence-corrected chi connectivity index (χ2v) is 6.08. The number of hydrogen-bond acceptors (Lipinski definition) is 3. The summed E-state index contributed by atoms with van der Waals surface area (Å²) in [6.45, 7) is 3.43. The van der Waals surface area contributed by atoms with Gasteiger partial charge in [0.2, 0.25) is 0 Å². The standard InChI is InChI=1S/C19H19ClFNO3/c1-3-17(13-6-4-12(2)5-7-13)22-18(23)11-25-19(24)15-10-14(20)8-9-16(15)21/h4-10,17H,3,11H2,1-2H3,(H,22,23)/t17-/m0/s1. The molecule has 0 radical (unpaired) electrons. The van der Waals surface area contributed by atoms with Gasteiger partial charge in [-0.1, -0.05) is 48.4 Å². The van der Waals surface area contributed by atoms with E-state index in [1.807, 2.05) is 38.1 Å².